The van der Waals surface area contributed by atoms with Crippen LogP contribution in [0.4, 0.5) is 11.5 Å². The van der Waals surface area contributed by atoms with Crippen LogP contribution in [0.5, 0.6) is 0 Å². The van der Waals surface area contributed by atoms with E-state index in [1.54, 1.807) is 19.2 Å². The molecule has 0 fully saturated rings. The molecule has 1 amide bonds. The summed E-state index contributed by atoms with van der Waals surface area (Å²) in [5.74, 6) is -1.08. The Morgan fingerprint density at radius 2 is 2.22 bits per heavy atom. The van der Waals surface area contributed by atoms with Crippen molar-refractivity contribution >= 4 is 39.3 Å². The largest absolute Gasteiger partial charge is 0.465 e. The van der Waals surface area contributed by atoms with E-state index in [0.717, 1.165) is 10.0 Å². The van der Waals surface area contributed by atoms with E-state index in [4.69, 9.17) is 4.74 Å². The molecule has 2 heterocycles. The second-order valence-electron chi connectivity index (χ2n) is 5.15. The number of carbonyl (C=O) groups is 2. The van der Waals surface area contributed by atoms with Crippen LogP contribution in [-0.2, 0) is 20.7 Å². The molecule has 1 atom stereocenters. The van der Waals surface area contributed by atoms with Crippen LogP contribution in [0.1, 0.15) is 12.5 Å². The van der Waals surface area contributed by atoms with Crippen molar-refractivity contribution in [2.75, 3.05) is 11.5 Å². The van der Waals surface area contributed by atoms with E-state index in [0.29, 0.717) is 17.9 Å². The van der Waals surface area contributed by atoms with Gasteiger partial charge >= 0.3 is 5.97 Å². The number of rotatable bonds is 3. The van der Waals surface area contributed by atoms with Crippen molar-refractivity contribution in [3.63, 3.8) is 0 Å². The molecule has 0 aliphatic carbocycles. The molecule has 6 heteroatoms. The number of pyridine rings is 1. The van der Waals surface area contributed by atoms with Crippen LogP contribution in [0.2, 0.25) is 0 Å². The SMILES string of the molecule is CCOC(=O)C1Cc2cccnc2N(c2cccc(Br)c2)C1=O. The fourth-order valence-electron chi connectivity index (χ4n) is 2.65. The molecule has 3 rings (SSSR count). The normalized spacial score (nSPS) is 16.9. The molecule has 1 aromatic carbocycles. The fraction of sp³-hybridized carbons (Fsp3) is 0.235. The van der Waals surface area contributed by atoms with Gasteiger partial charge in [0.25, 0.3) is 0 Å². The van der Waals surface area contributed by atoms with Crippen molar-refractivity contribution in [2.45, 2.75) is 13.3 Å². The Labute approximate surface area is 142 Å². The Morgan fingerprint density at radius 1 is 1.39 bits per heavy atom. The van der Waals surface area contributed by atoms with Crippen LogP contribution in [-0.4, -0.2) is 23.5 Å². The third-order valence-corrected chi connectivity index (χ3v) is 4.15. The number of aromatic nitrogens is 1. The molecule has 0 saturated carbocycles. The van der Waals surface area contributed by atoms with Gasteiger partial charge in [0, 0.05) is 10.7 Å². The highest BCUT2D eigenvalue weighted by Crippen LogP contribution is 2.35. The maximum atomic E-state index is 12.9. The topological polar surface area (TPSA) is 59.5 Å². The van der Waals surface area contributed by atoms with Gasteiger partial charge < -0.3 is 4.74 Å². The van der Waals surface area contributed by atoms with E-state index in [-0.39, 0.29) is 12.5 Å². The number of amides is 1. The summed E-state index contributed by atoms with van der Waals surface area (Å²) in [5, 5.41) is 0. The van der Waals surface area contributed by atoms with Crippen LogP contribution >= 0.6 is 15.9 Å². The van der Waals surface area contributed by atoms with Gasteiger partial charge in [-0.3, -0.25) is 14.5 Å². The molecule has 23 heavy (non-hydrogen) atoms. The first-order valence-corrected chi connectivity index (χ1v) is 8.11. The Kier molecular flexibility index (Phi) is 4.43. The first kappa shape index (κ1) is 15.7. The molecule has 1 unspecified atom stereocenters. The molecular formula is C17H15BrN2O3. The van der Waals surface area contributed by atoms with Crippen molar-refractivity contribution in [3.8, 4) is 0 Å². The fourth-order valence-corrected chi connectivity index (χ4v) is 3.04. The van der Waals surface area contributed by atoms with E-state index in [1.165, 1.54) is 4.90 Å². The third-order valence-electron chi connectivity index (χ3n) is 3.66. The molecule has 0 spiro atoms. The zero-order chi connectivity index (χ0) is 16.4. The first-order chi connectivity index (χ1) is 11.1. The highest BCUT2D eigenvalue weighted by molar-refractivity contribution is 9.10. The van der Waals surface area contributed by atoms with Crippen molar-refractivity contribution in [1.82, 2.24) is 4.98 Å². The summed E-state index contributed by atoms with van der Waals surface area (Å²) in [6.45, 7) is 1.98. The maximum Gasteiger partial charge on any atom is 0.318 e. The first-order valence-electron chi connectivity index (χ1n) is 7.32. The van der Waals surface area contributed by atoms with Crippen molar-refractivity contribution in [1.29, 1.82) is 0 Å². The highest BCUT2D eigenvalue weighted by atomic mass is 79.9. The van der Waals surface area contributed by atoms with Gasteiger partial charge in [-0.2, -0.15) is 0 Å². The Bertz CT molecular complexity index is 763. The van der Waals surface area contributed by atoms with E-state index in [9.17, 15) is 9.59 Å². The van der Waals surface area contributed by atoms with Crippen LogP contribution in [0.3, 0.4) is 0 Å². The third kappa shape index (κ3) is 2.99. The number of hydrogen-bond donors (Lipinski definition) is 0. The van der Waals surface area contributed by atoms with Crippen LogP contribution in [0.15, 0.2) is 47.1 Å². The number of anilines is 2. The van der Waals surface area contributed by atoms with Gasteiger partial charge in [0.05, 0.1) is 12.3 Å². The lowest BCUT2D eigenvalue weighted by molar-refractivity contribution is -0.151. The minimum Gasteiger partial charge on any atom is -0.465 e. The quantitative estimate of drug-likeness (QED) is 0.611. The molecule has 1 aromatic heterocycles. The summed E-state index contributed by atoms with van der Waals surface area (Å²) < 4.78 is 5.90. The van der Waals surface area contributed by atoms with Gasteiger partial charge in [-0.15, -0.1) is 0 Å². The van der Waals surface area contributed by atoms with Crippen molar-refractivity contribution in [2.24, 2.45) is 5.92 Å². The second kappa shape index (κ2) is 6.50. The monoisotopic (exact) mass is 374 g/mol. The summed E-state index contributed by atoms with van der Waals surface area (Å²) in [7, 11) is 0. The summed E-state index contributed by atoms with van der Waals surface area (Å²) >= 11 is 3.41. The zero-order valence-corrected chi connectivity index (χ0v) is 14.1. The number of nitrogens with zero attached hydrogens (tertiary/aromatic N) is 2. The summed E-state index contributed by atoms with van der Waals surface area (Å²) in [6, 6.07) is 11.0. The van der Waals surface area contributed by atoms with E-state index in [1.807, 2.05) is 30.3 Å². The lowest BCUT2D eigenvalue weighted by Crippen LogP contribution is -2.43. The number of hydrogen-bond acceptors (Lipinski definition) is 4. The predicted octanol–water partition coefficient (Wildman–Crippen LogP) is 3.24. The van der Waals surface area contributed by atoms with Crippen molar-refractivity contribution in [3.05, 3.63) is 52.6 Å². The number of esters is 1. The average Bonchev–Trinajstić information content (AvgIpc) is 2.54. The predicted molar refractivity (Wildman–Crippen MR) is 89.4 cm³/mol. The maximum absolute atomic E-state index is 12.9. The molecule has 1 aliphatic heterocycles. The number of fused-ring (bicyclic) bond motifs is 1. The minimum atomic E-state index is -0.842. The number of ether oxygens (including phenoxy) is 1. The molecule has 5 nitrogen and oxygen atoms in total. The van der Waals surface area contributed by atoms with E-state index < -0.39 is 11.9 Å². The van der Waals surface area contributed by atoms with E-state index in [2.05, 4.69) is 20.9 Å². The van der Waals surface area contributed by atoms with Gasteiger partial charge in [0.15, 0.2) is 0 Å². The molecule has 0 radical (unpaired) electrons. The second-order valence-corrected chi connectivity index (χ2v) is 6.06. The summed E-state index contributed by atoms with van der Waals surface area (Å²) in [6.07, 6.45) is 1.95. The zero-order valence-electron chi connectivity index (χ0n) is 12.5. The molecule has 118 valence electrons. The van der Waals surface area contributed by atoms with Crippen molar-refractivity contribution < 1.29 is 14.3 Å². The lowest BCUT2D eigenvalue weighted by Gasteiger charge is -2.32. The molecular weight excluding hydrogens is 360 g/mol. The standard InChI is InChI=1S/C17H15BrN2O3/c1-2-23-17(22)14-9-11-5-4-8-19-15(11)20(16(14)21)13-7-3-6-12(18)10-13/h3-8,10,14H,2,9H2,1H3. The smallest absolute Gasteiger partial charge is 0.318 e. The molecule has 0 bridgehead atoms. The molecule has 1 aliphatic rings. The molecule has 0 N–H and O–H groups in total. The highest BCUT2D eigenvalue weighted by Gasteiger charge is 2.39. The van der Waals surface area contributed by atoms with Gasteiger partial charge in [-0.05, 0) is 43.2 Å². The number of benzene rings is 1. The lowest BCUT2D eigenvalue weighted by atomic mass is 9.93. The van der Waals surface area contributed by atoms with Crippen LogP contribution < -0.4 is 4.90 Å². The van der Waals surface area contributed by atoms with E-state index >= 15 is 0 Å². The van der Waals surface area contributed by atoms with Crippen LogP contribution in [0.25, 0.3) is 0 Å². The summed E-state index contributed by atoms with van der Waals surface area (Å²) in [4.78, 5) is 30.9. The summed E-state index contributed by atoms with van der Waals surface area (Å²) in [5.41, 5.74) is 1.52. The van der Waals surface area contributed by atoms with Gasteiger partial charge in [0.2, 0.25) is 5.91 Å². The average molecular weight is 375 g/mol. The van der Waals surface area contributed by atoms with Gasteiger partial charge in [-0.25, -0.2) is 4.98 Å². The van der Waals surface area contributed by atoms with Crippen LogP contribution in [0, 0.1) is 5.92 Å². The number of carbonyl (C=O) groups excluding carboxylic acids is 2. The minimum absolute atomic E-state index is 0.249. The Hall–Kier alpha value is -2.21. The van der Waals surface area contributed by atoms with Gasteiger partial charge in [0.1, 0.15) is 11.7 Å². The molecule has 0 saturated heterocycles. The molecule has 2 aromatic rings. The van der Waals surface area contributed by atoms with Gasteiger partial charge in [-0.1, -0.05) is 28.1 Å². The number of halogens is 1. The Balaban J connectivity index is 2.08. The Morgan fingerprint density at radius 3 is 2.96 bits per heavy atom.